The lowest BCUT2D eigenvalue weighted by atomic mass is 9.85. The van der Waals surface area contributed by atoms with E-state index in [0.29, 0.717) is 25.8 Å². The maximum Gasteiger partial charge on any atom is 0.334 e. The predicted octanol–water partition coefficient (Wildman–Crippen LogP) is 3.05. The highest BCUT2D eigenvalue weighted by molar-refractivity contribution is 6.11. The van der Waals surface area contributed by atoms with Gasteiger partial charge in [0.1, 0.15) is 12.6 Å². The van der Waals surface area contributed by atoms with E-state index in [-0.39, 0.29) is 19.6 Å². The molecule has 0 amide bonds. The minimum Gasteiger partial charge on any atom is -0.465 e. The molecule has 2 N–H and O–H groups in total. The molecule has 0 saturated carbocycles. The number of esters is 2. The van der Waals surface area contributed by atoms with Crippen molar-refractivity contribution >= 4 is 17.7 Å². The number of aryl methyl sites for hydroxylation is 1. The van der Waals surface area contributed by atoms with E-state index in [1.165, 1.54) is 0 Å². The van der Waals surface area contributed by atoms with Gasteiger partial charge in [0, 0.05) is 6.54 Å². The number of hydrogen-bond donors (Lipinski definition) is 1. The summed E-state index contributed by atoms with van der Waals surface area (Å²) < 4.78 is 11.0. The average molecular weight is 467 g/mol. The zero-order valence-electron chi connectivity index (χ0n) is 19.9. The zero-order chi connectivity index (χ0) is 24.6. The number of benzene rings is 2. The Balaban J connectivity index is 1.91. The number of Topliss-reactive ketones (excluding diaryl/α,β-unsaturated/α-hetero) is 1. The molecule has 0 bridgehead atoms. The number of ketones is 1. The van der Waals surface area contributed by atoms with Crippen molar-refractivity contribution < 1.29 is 23.9 Å². The lowest BCUT2D eigenvalue weighted by Gasteiger charge is -2.39. The van der Waals surface area contributed by atoms with Crippen LogP contribution in [-0.4, -0.2) is 53.4 Å². The average Bonchev–Trinajstić information content (AvgIpc) is 3.29. The molecule has 7 nitrogen and oxygen atoms in total. The maximum absolute atomic E-state index is 13.6. The Kier molecular flexibility index (Phi) is 8.96. The number of nitrogens with zero attached hydrogens (tertiary/aromatic N) is 1. The van der Waals surface area contributed by atoms with Crippen molar-refractivity contribution in [3.05, 3.63) is 71.8 Å². The number of ether oxygens (including phenoxy) is 2. The Labute approximate surface area is 201 Å². The monoisotopic (exact) mass is 466 g/mol. The van der Waals surface area contributed by atoms with E-state index in [1.54, 1.807) is 18.7 Å². The predicted molar refractivity (Wildman–Crippen MR) is 129 cm³/mol. The Morgan fingerprint density at radius 2 is 1.62 bits per heavy atom. The minimum absolute atomic E-state index is 0.0373. The summed E-state index contributed by atoms with van der Waals surface area (Å²) in [5.74, 6) is -1.54. The molecule has 0 aromatic heterocycles. The standard InChI is InChI=1S/C27H34N2O5/c1-3-33-25(31)23(16-15-21-11-6-4-7-12-21)29-18-10-17-27(29,24(30)20(2)28)26(32)34-19-22-13-8-5-9-14-22/h4-9,11-14,20,23H,3,10,15-19,28H2,1-2H3/t20-,23+,27-/m0/s1. The van der Waals surface area contributed by atoms with Gasteiger partial charge in [-0.3, -0.25) is 14.5 Å². The van der Waals surface area contributed by atoms with Crippen molar-refractivity contribution in [2.45, 2.75) is 63.8 Å². The van der Waals surface area contributed by atoms with Crippen molar-refractivity contribution in [2.24, 2.45) is 5.73 Å². The van der Waals surface area contributed by atoms with E-state index in [0.717, 1.165) is 11.1 Å². The molecular weight excluding hydrogens is 432 g/mol. The normalized spacial score (nSPS) is 19.9. The van der Waals surface area contributed by atoms with Gasteiger partial charge in [-0.2, -0.15) is 0 Å². The highest BCUT2D eigenvalue weighted by Gasteiger charge is 2.58. The van der Waals surface area contributed by atoms with Crippen molar-refractivity contribution in [3.8, 4) is 0 Å². The van der Waals surface area contributed by atoms with Crippen LogP contribution in [0, 0.1) is 0 Å². The quantitative estimate of drug-likeness (QED) is 0.401. The van der Waals surface area contributed by atoms with E-state index < -0.39 is 35.3 Å². The van der Waals surface area contributed by atoms with Crippen molar-refractivity contribution in [3.63, 3.8) is 0 Å². The molecule has 1 saturated heterocycles. The smallest absolute Gasteiger partial charge is 0.334 e. The molecule has 0 spiro atoms. The number of carbonyl (C=O) groups excluding carboxylic acids is 3. The molecule has 0 radical (unpaired) electrons. The fraction of sp³-hybridized carbons (Fsp3) is 0.444. The lowest BCUT2D eigenvalue weighted by molar-refractivity contribution is -0.168. The SMILES string of the molecule is CCOC(=O)[C@@H](CCc1ccccc1)N1CCC[C@@]1(C(=O)OCc1ccccc1)C(=O)[C@H](C)N. The van der Waals surface area contributed by atoms with E-state index >= 15 is 0 Å². The highest BCUT2D eigenvalue weighted by Crippen LogP contribution is 2.36. The Hall–Kier alpha value is -3.03. The van der Waals surface area contributed by atoms with Gasteiger partial charge in [-0.25, -0.2) is 4.79 Å². The fourth-order valence-electron chi connectivity index (χ4n) is 4.65. The molecule has 1 fully saturated rings. The lowest BCUT2D eigenvalue weighted by Crippen LogP contribution is -2.65. The van der Waals surface area contributed by atoms with Crippen LogP contribution in [0.1, 0.15) is 44.2 Å². The van der Waals surface area contributed by atoms with Gasteiger partial charge in [-0.1, -0.05) is 60.7 Å². The molecule has 7 heteroatoms. The maximum atomic E-state index is 13.6. The minimum atomic E-state index is -1.61. The third-order valence-electron chi connectivity index (χ3n) is 6.28. The van der Waals surface area contributed by atoms with Gasteiger partial charge >= 0.3 is 11.9 Å². The van der Waals surface area contributed by atoms with Gasteiger partial charge in [-0.15, -0.1) is 0 Å². The van der Waals surface area contributed by atoms with Crippen molar-refractivity contribution in [1.29, 1.82) is 0 Å². The van der Waals surface area contributed by atoms with Gasteiger partial charge in [0.25, 0.3) is 0 Å². The number of likely N-dealkylation sites (tertiary alicyclic amines) is 1. The first-order valence-corrected chi connectivity index (χ1v) is 11.9. The zero-order valence-corrected chi connectivity index (χ0v) is 19.9. The summed E-state index contributed by atoms with van der Waals surface area (Å²) >= 11 is 0. The van der Waals surface area contributed by atoms with Crippen LogP contribution in [0.4, 0.5) is 0 Å². The summed E-state index contributed by atoms with van der Waals surface area (Å²) in [5.41, 5.74) is 6.27. The van der Waals surface area contributed by atoms with Crippen LogP contribution in [0.25, 0.3) is 0 Å². The topological polar surface area (TPSA) is 98.9 Å². The molecule has 34 heavy (non-hydrogen) atoms. The summed E-state index contributed by atoms with van der Waals surface area (Å²) in [6.45, 7) is 3.95. The second-order valence-corrected chi connectivity index (χ2v) is 8.66. The van der Waals surface area contributed by atoms with Crippen LogP contribution in [0.5, 0.6) is 0 Å². The Morgan fingerprint density at radius 3 is 2.21 bits per heavy atom. The summed E-state index contributed by atoms with van der Waals surface area (Å²) in [6.07, 6.45) is 1.83. The largest absolute Gasteiger partial charge is 0.465 e. The van der Waals surface area contributed by atoms with E-state index in [4.69, 9.17) is 15.2 Å². The first-order valence-electron chi connectivity index (χ1n) is 11.9. The molecular formula is C27H34N2O5. The number of carbonyl (C=O) groups is 3. The summed E-state index contributed by atoms with van der Waals surface area (Å²) in [5, 5.41) is 0. The van der Waals surface area contributed by atoms with Gasteiger partial charge in [0.15, 0.2) is 11.3 Å². The van der Waals surface area contributed by atoms with Gasteiger partial charge in [0.05, 0.1) is 12.6 Å². The molecule has 2 aromatic carbocycles. The fourth-order valence-corrected chi connectivity index (χ4v) is 4.65. The second-order valence-electron chi connectivity index (χ2n) is 8.66. The van der Waals surface area contributed by atoms with E-state index in [2.05, 4.69) is 0 Å². The summed E-state index contributed by atoms with van der Waals surface area (Å²) in [4.78, 5) is 41.8. The molecule has 1 aliphatic rings. The molecule has 0 aliphatic carbocycles. The molecule has 182 valence electrons. The van der Waals surface area contributed by atoms with Crippen molar-refractivity contribution in [2.75, 3.05) is 13.2 Å². The third kappa shape index (κ3) is 5.72. The number of rotatable bonds is 11. The van der Waals surface area contributed by atoms with Crippen LogP contribution in [-0.2, 0) is 36.9 Å². The van der Waals surface area contributed by atoms with Crippen LogP contribution in [0.15, 0.2) is 60.7 Å². The second kappa shape index (κ2) is 11.9. The third-order valence-corrected chi connectivity index (χ3v) is 6.28. The highest BCUT2D eigenvalue weighted by atomic mass is 16.5. The summed E-state index contributed by atoms with van der Waals surface area (Å²) in [6, 6.07) is 17.4. The van der Waals surface area contributed by atoms with Crippen LogP contribution in [0.2, 0.25) is 0 Å². The Morgan fingerprint density at radius 1 is 1.00 bits per heavy atom. The molecule has 0 unspecified atom stereocenters. The van der Waals surface area contributed by atoms with Crippen LogP contribution >= 0.6 is 0 Å². The van der Waals surface area contributed by atoms with Crippen molar-refractivity contribution in [1.82, 2.24) is 4.90 Å². The van der Waals surface area contributed by atoms with E-state index in [9.17, 15) is 14.4 Å². The molecule has 2 aromatic rings. The van der Waals surface area contributed by atoms with Gasteiger partial charge < -0.3 is 15.2 Å². The number of nitrogens with two attached hydrogens (primary N) is 1. The first-order chi connectivity index (χ1) is 16.4. The van der Waals surface area contributed by atoms with Crippen LogP contribution < -0.4 is 5.73 Å². The molecule has 1 aliphatic heterocycles. The molecule has 1 heterocycles. The number of hydrogen-bond acceptors (Lipinski definition) is 7. The van der Waals surface area contributed by atoms with Gasteiger partial charge in [-0.05, 0) is 50.7 Å². The van der Waals surface area contributed by atoms with E-state index in [1.807, 2.05) is 60.7 Å². The first kappa shape index (κ1) is 25.6. The Bertz CT molecular complexity index is 964. The van der Waals surface area contributed by atoms with Crippen LogP contribution in [0.3, 0.4) is 0 Å². The molecule has 3 atom stereocenters. The molecule has 3 rings (SSSR count). The van der Waals surface area contributed by atoms with Gasteiger partial charge in [0.2, 0.25) is 0 Å². The summed E-state index contributed by atoms with van der Waals surface area (Å²) in [7, 11) is 0.